The molecular formula is C44H43N. The Kier molecular flexibility index (Phi) is 6.02. The molecule has 5 aliphatic carbocycles. The van der Waals surface area contributed by atoms with E-state index in [-0.39, 0.29) is 5.41 Å². The van der Waals surface area contributed by atoms with Crippen molar-refractivity contribution in [2.75, 3.05) is 11.9 Å². The maximum atomic E-state index is 2.48. The van der Waals surface area contributed by atoms with Crippen LogP contribution in [-0.4, -0.2) is 7.05 Å². The molecule has 0 heterocycles. The largest absolute Gasteiger partial charge is 0.344 e. The lowest BCUT2D eigenvalue weighted by molar-refractivity contribution is -0.00518. The van der Waals surface area contributed by atoms with E-state index in [1.54, 1.807) is 5.56 Å². The second-order valence-corrected chi connectivity index (χ2v) is 15.3. The molecule has 4 saturated carbocycles. The van der Waals surface area contributed by atoms with Gasteiger partial charge in [-0.25, -0.2) is 0 Å². The topological polar surface area (TPSA) is 3.24 Å². The van der Waals surface area contributed by atoms with Gasteiger partial charge in [-0.3, -0.25) is 0 Å². The van der Waals surface area contributed by atoms with Crippen LogP contribution >= 0.6 is 0 Å². The Morgan fingerprint density at radius 3 is 1.87 bits per heavy atom. The van der Waals surface area contributed by atoms with E-state index in [1.165, 1.54) is 94.4 Å². The summed E-state index contributed by atoms with van der Waals surface area (Å²) in [6, 6.07) is 43.7. The average molecular weight is 586 g/mol. The summed E-state index contributed by atoms with van der Waals surface area (Å²) in [5, 5.41) is 0. The summed E-state index contributed by atoms with van der Waals surface area (Å²) >= 11 is 0. The third-order valence-electron chi connectivity index (χ3n) is 12.3. The summed E-state index contributed by atoms with van der Waals surface area (Å²) in [5.74, 6) is 2.92. The van der Waals surface area contributed by atoms with Crippen molar-refractivity contribution in [3.8, 4) is 33.4 Å². The lowest BCUT2D eigenvalue weighted by Crippen LogP contribution is -2.48. The Balaban J connectivity index is 1.07. The molecule has 0 unspecified atom stereocenters. The van der Waals surface area contributed by atoms with Gasteiger partial charge in [-0.1, -0.05) is 105 Å². The Bertz CT molecular complexity index is 1880. The standard InChI is InChI=1S/C44H43N/c1-43(2)40-12-8-7-11-37(40)38-19-18-36(25-41(38)43)45(3)42-20-15-34(24-39(42)33-9-5-4-6-10-33)32-13-16-35(17-14-32)44-26-29-21-30(27-44)23-31(22-29)28-44/h4-20,24-25,29-31H,21-23,26-28H2,1-3H3. The minimum absolute atomic E-state index is 0.0166. The maximum Gasteiger partial charge on any atom is 0.0488 e. The molecule has 5 aromatic rings. The number of benzene rings is 5. The van der Waals surface area contributed by atoms with Crippen molar-refractivity contribution in [2.24, 2.45) is 17.8 Å². The van der Waals surface area contributed by atoms with Gasteiger partial charge in [0.15, 0.2) is 0 Å². The molecule has 1 heteroatoms. The highest BCUT2D eigenvalue weighted by Gasteiger charge is 2.51. The number of hydrogen-bond acceptors (Lipinski definition) is 1. The van der Waals surface area contributed by atoms with Gasteiger partial charge in [-0.15, -0.1) is 0 Å². The summed E-state index contributed by atoms with van der Waals surface area (Å²) < 4.78 is 0. The summed E-state index contributed by atoms with van der Waals surface area (Å²) in [6.45, 7) is 4.72. The number of nitrogens with zero attached hydrogens (tertiary/aromatic N) is 1. The van der Waals surface area contributed by atoms with E-state index in [0.29, 0.717) is 5.41 Å². The molecule has 4 fully saturated rings. The van der Waals surface area contributed by atoms with Gasteiger partial charge < -0.3 is 4.90 Å². The number of rotatable bonds is 5. The zero-order valence-corrected chi connectivity index (χ0v) is 26.9. The van der Waals surface area contributed by atoms with Crippen LogP contribution in [0.1, 0.15) is 69.1 Å². The molecule has 5 aromatic carbocycles. The van der Waals surface area contributed by atoms with Crippen LogP contribution in [0.15, 0.2) is 115 Å². The second-order valence-electron chi connectivity index (χ2n) is 15.3. The SMILES string of the molecule is CN(c1ccc2c(c1)C(C)(C)c1ccccc1-2)c1ccc(-c2ccc(C34CC5CC(CC(C5)C3)C4)cc2)cc1-c1ccccc1. The van der Waals surface area contributed by atoms with Gasteiger partial charge in [0.2, 0.25) is 0 Å². The van der Waals surface area contributed by atoms with Gasteiger partial charge >= 0.3 is 0 Å². The highest BCUT2D eigenvalue weighted by Crippen LogP contribution is 2.61. The minimum atomic E-state index is -0.0166. The van der Waals surface area contributed by atoms with Crippen molar-refractivity contribution in [1.82, 2.24) is 0 Å². The lowest BCUT2D eigenvalue weighted by atomic mass is 9.48. The average Bonchev–Trinajstić information content (AvgIpc) is 3.30. The zero-order chi connectivity index (χ0) is 30.3. The van der Waals surface area contributed by atoms with Gasteiger partial charge in [0.1, 0.15) is 0 Å². The second kappa shape index (κ2) is 9.95. The van der Waals surface area contributed by atoms with Crippen molar-refractivity contribution in [1.29, 1.82) is 0 Å². The van der Waals surface area contributed by atoms with E-state index in [1.807, 2.05) is 0 Å². The van der Waals surface area contributed by atoms with Crippen molar-refractivity contribution in [2.45, 2.75) is 63.2 Å². The predicted octanol–water partition coefficient (Wildman–Crippen LogP) is 11.6. The first-order chi connectivity index (χ1) is 21.9. The summed E-state index contributed by atoms with van der Waals surface area (Å²) in [5.41, 5.74) is 15.2. The molecule has 0 N–H and O–H groups in total. The highest BCUT2D eigenvalue weighted by atomic mass is 15.1. The van der Waals surface area contributed by atoms with Gasteiger partial charge in [0, 0.05) is 29.4 Å². The van der Waals surface area contributed by atoms with E-state index in [2.05, 4.69) is 141 Å². The van der Waals surface area contributed by atoms with Crippen LogP contribution in [0.4, 0.5) is 11.4 Å². The minimum Gasteiger partial charge on any atom is -0.344 e. The fourth-order valence-corrected chi connectivity index (χ4v) is 10.4. The van der Waals surface area contributed by atoms with E-state index < -0.39 is 0 Å². The van der Waals surface area contributed by atoms with Crippen LogP contribution in [0, 0.1) is 17.8 Å². The smallest absolute Gasteiger partial charge is 0.0488 e. The van der Waals surface area contributed by atoms with Crippen molar-refractivity contribution < 1.29 is 0 Å². The first kappa shape index (κ1) is 27.2. The Hall–Kier alpha value is -4.10. The Morgan fingerprint density at radius 2 is 1.16 bits per heavy atom. The summed E-state index contributed by atoms with van der Waals surface area (Å²) in [4.78, 5) is 2.38. The fraction of sp³-hybridized carbons (Fsp3) is 0.318. The molecule has 0 amide bonds. The molecule has 4 bridgehead atoms. The van der Waals surface area contributed by atoms with Crippen molar-refractivity contribution >= 4 is 11.4 Å². The number of hydrogen-bond donors (Lipinski definition) is 0. The number of fused-ring (bicyclic) bond motifs is 3. The zero-order valence-electron chi connectivity index (χ0n) is 26.9. The van der Waals surface area contributed by atoms with E-state index >= 15 is 0 Å². The lowest BCUT2D eigenvalue weighted by Gasteiger charge is -2.57. The molecule has 10 rings (SSSR count). The van der Waals surface area contributed by atoms with Crippen LogP contribution in [0.25, 0.3) is 33.4 Å². The first-order valence-corrected chi connectivity index (χ1v) is 17.2. The Labute approximate surface area is 269 Å². The number of anilines is 2. The molecule has 5 aliphatic rings. The van der Waals surface area contributed by atoms with Crippen LogP contribution in [0.5, 0.6) is 0 Å². The Morgan fingerprint density at radius 1 is 0.533 bits per heavy atom. The van der Waals surface area contributed by atoms with E-state index in [4.69, 9.17) is 0 Å². The van der Waals surface area contributed by atoms with Crippen molar-refractivity contribution in [3.63, 3.8) is 0 Å². The molecule has 0 radical (unpaired) electrons. The highest BCUT2D eigenvalue weighted by molar-refractivity contribution is 5.88. The van der Waals surface area contributed by atoms with Crippen LogP contribution in [-0.2, 0) is 10.8 Å². The molecule has 45 heavy (non-hydrogen) atoms. The molecule has 0 saturated heterocycles. The first-order valence-electron chi connectivity index (χ1n) is 17.2. The van der Waals surface area contributed by atoms with Crippen LogP contribution in [0.3, 0.4) is 0 Å². The molecule has 1 nitrogen and oxygen atoms in total. The third-order valence-corrected chi connectivity index (χ3v) is 12.3. The van der Waals surface area contributed by atoms with Gasteiger partial charge in [0.25, 0.3) is 0 Å². The van der Waals surface area contributed by atoms with Crippen molar-refractivity contribution in [3.05, 3.63) is 132 Å². The molecule has 0 aliphatic heterocycles. The fourth-order valence-electron chi connectivity index (χ4n) is 10.4. The maximum absolute atomic E-state index is 2.48. The predicted molar refractivity (Wildman–Crippen MR) is 189 cm³/mol. The monoisotopic (exact) mass is 585 g/mol. The van der Waals surface area contributed by atoms with Gasteiger partial charge in [-0.05, 0) is 130 Å². The quantitative estimate of drug-likeness (QED) is 0.198. The third kappa shape index (κ3) is 4.27. The summed E-state index contributed by atoms with van der Waals surface area (Å²) in [6.07, 6.45) is 8.75. The van der Waals surface area contributed by atoms with Crippen LogP contribution < -0.4 is 4.90 Å². The van der Waals surface area contributed by atoms with E-state index in [9.17, 15) is 0 Å². The molecule has 0 atom stereocenters. The normalized spacial score (nSPS) is 25.2. The molecule has 0 aromatic heterocycles. The molecule has 0 spiro atoms. The molecule has 224 valence electrons. The van der Waals surface area contributed by atoms with Gasteiger partial charge in [0.05, 0.1) is 0 Å². The molecular weight excluding hydrogens is 542 g/mol. The van der Waals surface area contributed by atoms with Gasteiger partial charge in [-0.2, -0.15) is 0 Å². The summed E-state index contributed by atoms with van der Waals surface area (Å²) in [7, 11) is 2.22. The van der Waals surface area contributed by atoms with E-state index in [0.717, 1.165) is 17.8 Å². The van der Waals surface area contributed by atoms with Crippen LogP contribution in [0.2, 0.25) is 0 Å².